The van der Waals surface area contributed by atoms with Gasteiger partial charge in [-0.05, 0) is 25.0 Å². The number of aromatic nitrogens is 2. The van der Waals surface area contributed by atoms with Crippen LogP contribution in [-0.2, 0) is 5.41 Å². The van der Waals surface area contributed by atoms with Crippen LogP contribution >= 0.6 is 0 Å². The molecule has 1 aromatic carbocycles. The van der Waals surface area contributed by atoms with Gasteiger partial charge in [0.2, 0.25) is 0 Å². The summed E-state index contributed by atoms with van der Waals surface area (Å²) in [6, 6.07) is 5.26. The molecule has 3 rings (SSSR count). The molecular formula is C15H21N3O. The number of hydrogen-bond acceptors (Lipinski definition) is 3. The molecule has 1 aliphatic rings. The molecule has 1 aliphatic carbocycles. The van der Waals surface area contributed by atoms with Gasteiger partial charge in [-0.25, -0.2) is 4.98 Å². The summed E-state index contributed by atoms with van der Waals surface area (Å²) in [5.74, 6) is 1.27. The Kier molecular flexibility index (Phi) is 3.19. The van der Waals surface area contributed by atoms with Crippen LogP contribution < -0.4 is 5.73 Å². The number of hydrogen-bond donors (Lipinski definition) is 3. The highest BCUT2D eigenvalue weighted by atomic mass is 16.3. The number of fused-ring (bicyclic) bond motifs is 1. The average molecular weight is 259 g/mol. The molecule has 19 heavy (non-hydrogen) atoms. The Hall–Kier alpha value is -1.55. The Morgan fingerprint density at radius 1 is 1.21 bits per heavy atom. The number of aromatic hydroxyl groups is 1. The lowest BCUT2D eigenvalue weighted by molar-refractivity contribution is 0.363. The lowest BCUT2D eigenvalue weighted by atomic mass is 9.79. The number of nitrogens with two attached hydrogens (primary N) is 1. The largest absolute Gasteiger partial charge is 0.508 e. The van der Waals surface area contributed by atoms with E-state index < -0.39 is 0 Å². The third-order valence-electron chi connectivity index (χ3n) is 4.42. The summed E-state index contributed by atoms with van der Waals surface area (Å²) in [5.41, 5.74) is 7.88. The lowest BCUT2D eigenvalue weighted by Gasteiger charge is -2.29. The predicted octanol–water partition coefficient (Wildman–Crippen LogP) is 2.82. The summed E-state index contributed by atoms with van der Waals surface area (Å²) in [5, 5.41) is 9.54. The van der Waals surface area contributed by atoms with Crippen molar-refractivity contribution < 1.29 is 5.11 Å². The number of imidazole rings is 1. The van der Waals surface area contributed by atoms with Crippen molar-refractivity contribution in [1.82, 2.24) is 9.97 Å². The molecule has 0 spiro atoms. The summed E-state index contributed by atoms with van der Waals surface area (Å²) in [7, 11) is 0. The predicted molar refractivity (Wildman–Crippen MR) is 76.2 cm³/mol. The van der Waals surface area contributed by atoms with Crippen molar-refractivity contribution in [3.05, 3.63) is 24.0 Å². The maximum atomic E-state index is 9.54. The quantitative estimate of drug-likeness (QED) is 0.726. The molecule has 0 atom stereocenters. The Labute approximate surface area is 113 Å². The van der Waals surface area contributed by atoms with Crippen molar-refractivity contribution in [2.45, 2.75) is 43.9 Å². The van der Waals surface area contributed by atoms with Crippen molar-refractivity contribution in [1.29, 1.82) is 0 Å². The number of nitrogens with zero attached hydrogens (tertiary/aromatic N) is 1. The van der Waals surface area contributed by atoms with Gasteiger partial charge in [0.1, 0.15) is 11.6 Å². The monoisotopic (exact) mass is 259 g/mol. The molecule has 0 aliphatic heterocycles. The topological polar surface area (TPSA) is 74.9 Å². The van der Waals surface area contributed by atoms with Gasteiger partial charge in [0, 0.05) is 18.0 Å². The number of phenolic OH excluding ortho intramolecular Hbond substituents is 1. The highest BCUT2D eigenvalue weighted by Crippen LogP contribution is 2.37. The molecule has 4 heteroatoms. The first-order valence-corrected chi connectivity index (χ1v) is 7.13. The van der Waals surface area contributed by atoms with E-state index in [1.54, 1.807) is 12.1 Å². The van der Waals surface area contributed by atoms with Crippen LogP contribution in [0.3, 0.4) is 0 Å². The molecule has 2 aromatic rings. The zero-order chi connectivity index (χ0) is 13.3. The molecule has 0 amide bonds. The van der Waals surface area contributed by atoms with E-state index in [4.69, 9.17) is 10.7 Å². The van der Waals surface area contributed by atoms with E-state index in [9.17, 15) is 5.11 Å². The highest BCUT2D eigenvalue weighted by molar-refractivity contribution is 5.76. The Morgan fingerprint density at radius 3 is 2.63 bits per heavy atom. The Balaban J connectivity index is 2.04. The van der Waals surface area contributed by atoms with Crippen LogP contribution in [0.1, 0.15) is 44.3 Å². The van der Waals surface area contributed by atoms with Crippen LogP contribution in [0.2, 0.25) is 0 Å². The first-order chi connectivity index (χ1) is 9.23. The van der Waals surface area contributed by atoms with Gasteiger partial charge in [-0.3, -0.25) is 0 Å². The van der Waals surface area contributed by atoms with E-state index in [0.29, 0.717) is 6.54 Å². The van der Waals surface area contributed by atoms with Gasteiger partial charge < -0.3 is 15.8 Å². The molecule has 1 fully saturated rings. The second-order valence-corrected chi connectivity index (χ2v) is 5.69. The lowest BCUT2D eigenvalue weighted by Crippen LogP contribution is -2.35. The van der Waals surface area contributed by atoms with Gasteiger partial charge in [0.15, 0.2) is 0 Å². The molecule has 4 nitrogen and oxygen atoms in total. The van der Waals surface area contributed by atoms with Gasteiger partial charge in [-0.15, -0.1) is 0 Å². The molecular weight excluding hydrogens is 238 g/mol. The summed E-state index contributed by atoms with van der Waals surface area (Å²) in [4.78, 5) is 8.09. The number of phenols is 1. The third-order valence-corrected chi connectivity index (χ3v) is 4.42. The van der Waals surface area contributed by atoms with Gasteiger partial charge >= 0.3 is 0 Å². The smallest absolute Gasteiger partial charge is 0.117 e. The fraction of sp³-hybridized carbons (Fsp3) is 0.533. The number of nitrogens with one attached hydrogen (secondary N) is 1. The van der Waals surface area contributed by atoms with Crippen LogP contribution in [0.4, 0.5) is 0 Å². The zero-order valence-electron chi connectivity index (χ0n) is 11.2. The maximum absolute atomic E-state index is 9.54. The third kappa shape index (κ3) is 2.21. The van der Waals surface area contributed by atoms with Crippen molar-refractivity contribution in [3.63, 3.8) is 0 Å². The van der Waals surface area contributed by atoms with E-state index in [-0.39, 0.29) is 11.2 Å². The fourth-order valence-corrected chi connectivity index (χ4v) is 3.19. The normalized spacial score (nSPS) is 19.4. The van der Waals surface area contributed by atoms with Crippen LogP contribution in [0.25, 0.3) is 11.0 Å². The molecule has 1 aromatic heterocycles. The molecule has 1 heterocycles. The van der Waals surface area contributed by atoms with Crippen molar-refractivity contribution >= 4 is 11.0 Å². The van der Waals surface area contributed by atoms with E-state index in [1.165, 1.54) is 25.7 Å². The molecule has 1 saturated carbocycles. The fourth-order valence-electron chi connectivity index (χ4n) is 3.19. The van der Waals surface area contributed by atoms with E-state index >= 15 is 0 Å². The van der Waals surface area contributed by atoms with Crippen LogP contribution in [0.5, 0.6) is 5.75 Å². The highest BCUT2D eigenvalue weighted by Gasteiger charge is 2.34. The summed E-state index contributed by atoms with van der Waals surface area (Å²) >= 11 is 0. The molecule has 4 N–H and O–H groups in total. The number of rotatable bonds is 2. The minimum Gasteiger partial charge on any atom is -0.508 e. The zero-order valence-corrected chi connectivity index (χ0v) is 11.2. The average Bonchev–Trinajstić information content (AvgIpc) is 2.69. The SMILES string of the molecule is NCC1(c2nc3ccc(O)cc3[nH]2)CCCCCC1. The van der Waals surface area contributed by atoms with E-state index in [1.807, 2.05) is 6.07 Å². The summed E-state index contributed by atoms with van der Waals surface area (Å²) < 4.78 is 0. The minimum absolute atomic E-state index is 0.00879. The summed E-state index contributed by atoms with van der Waals surface area (Å²) in [6.07, 6.45) is 7.25. The molecule has 102 valence electrons. The Bertz CT molecular complexity index is 568. The maximum Gasteiger partial charge on any atom is 0.117 e. The minimum atomic E-state index is -0.00879. The Morgan fingerprint density at radius 2 is 1.95 bits per heavy atom. The summed E-state index contributed by atoms with van der Waals surface area (Å²) in [6.45, 7) is 0.638. The van der Waals surface area contributed by atoms with Crippen molar-refractivity contribution in [2.75, 3.05) is 6.54 Å². The molecule has 0 saturated heterocycles. The van der Waals surface area contributed by atoms with Crippen LogP contribution in [0.15, 0.2) is 18.2 Å². The van der Waals surface area contributed by atoms with Crippen molar-refractivity contribution in [3.8, 4) is 5.75 Å². The first-order valence-electron chi connectivity index (χ1n) is 7.13. The van der Waals surface area contributed by atoms with E-state index in [2.05, 4.69) is 4.98 Å². The standard InChI is InChI=1S/C15H21N3O/c16-10-15(7-3-1-2-4-8-15)14-17-12-6-5-11(19)9-13(12)18-14/h5-6,9,19H,1-4,7-8,10,16H2,(H,17,18). The van der Waals surface area contributed by atoms with Crippen molar-refractivity contribution in [2.24, 2.45) is 5.73 Å². The van der Waals surface area contributed by atoms with Gasteiger partial charge in [0.05, 0.1) is 11.0 Å². The van der Waals surface area contributed by atoms with Gasteiger partial charge in [0.25, 0.3) is 0 Å². The second-order valence-electron chi connectivity index (χ2n) is 5.69. The number of H-pyrrole nitrogens is 1. The number of benzene rings is 1. The molecule has 0 unspecified atom stereocenters. The molecule has 0 radical (unpaired) electrons. The van der Waals surface area contributed by atoms with Gasteiger partial charge in [-0.1, -0.05) is 25.7 Å². The van der Waals surface area contributed by atoms with Crippen LogP contribution in [-0.4, -0.2) is 21.6 Å². The van der Waals surface area contributed by atoms with Gasteiger partial charge in [-0.2, -0.15) is 0 Å². The van der Waals surface area contributed by atoms with E-state index in [0.717, 1.165) is 29.7 Å². The van der Waals surface area contributed by atoms with Crippen LogP contribution in [0, 0.1) is 0 Å². The second kappa shape index (κ2) is 4.85. The first kappa shape index (κ1) is 12.5. The number of aromatic amines is 1. The molecule has 0 bridgehead atoms.